The number of amides is 2. The molecule has 2 aromatic carbocycles. The second-order valence-corrected chi connectivity index (χ2v) is 7.07. The molecular formula is C23H26N4O2. The number of hydrogen-bond donors (Lipinski definition) is 2. The van der Waals surface area contributed by atoms with Gasteiger partial charge < -0.3 is 10.6 Å². The van der Waals surface area contributed by atoms with Crippen molar-refractivity contribution in [2.45, 2.75) is 39.8 Å². The smallest absolute Gasteiger partial charge is 0.242 e. The molecule has 1 atom stereocenters. The zero-order valence-corrected chi connectivity index (χ0v) is 17.0. The highest BCUT2D eigenvalue weighted by atomic mass is 16.2. The maximum atomic E-state index is 12.5. The van der Waals surface area contributed by atoms with Crippen molar-refractivity contribution in [2.75, 3.05) is 0 Å². The zero-order chi connectivity index (χ0) is 20.8. The van der Waals surface area contributed by atoms with E-state index in [1.807, 2.05) is 79.2 Å². The maximum absolute atomic E-state index is 12.5. The molecule has 0 spiro atoms. The predicted octanol–water partition coefficient (Wildman–Crippen LogP) is 2.85. The van der Waals surface area contributed by atoms with E-state index in [9.17, 15) is 9.59 Å². The Bertz CT molecular complexity index is 981. The molecule has 6 nitrogen and oxygen atoms in total. The summed E-state index contributed by atoms with van der Waals surface area (Å²) in [6, 6.07) is 18.9. The van der Waals surface area contributed by atoms with E-state index < -0.39 is 6.04 Å². The first kappa shape index (κ1) is 20.3. The highest BCUT2D eigenvalue weighted by Crippen LogP contribution is 2.18. The lowest BCUT2D eigenvalue weighted by molar-refractivity contribution is -0.128. The summed E-state index contributed by atoms with van der Waals surface area (Å²) in [4.78, 5) is 24.8. The molecule has 0 saturated carbocycles. The molecule has 1 heterocycles. The SMILES string of the molecule is Cc1nn(-c2ccccc2)c(C)c1CC(=O)NC(C)C(=O)NCc1ccccc1. The lowest BCUT2D eigenvalue weighted by atomic mass is 10.1. The molecule has 0 bridgehead atoms. The number of para-hydroxylation sites is 1. The van der Waals surface area contributed by atoms with Crippen molar-refractivity contribution in [3.8, 4) is 5.69 Å². The Morgan fingerprint density at radius 3 is 2.28 bits per heavy atom. The first-order valence-electron chi connectivity index (χ1n) is 9.67. The largest absolute Gasteiger partial charge is 0.350 e. The summed E-state index contributed by atoms with van der Waals surface area (Å²) in [6.07, 6.45) is 0.181. The average Bonchev–Trinajstić information content (AvgIpc) is 3.01. The number of benzene rings is 2. The van der Waals surface area contributed by atoms with Gasteiger partial charge >= 0.3 is 0 Å². The molecular weight excluding hydrogens is 364 g/mol. The van der Waals surface area contributed by atoms with Crippen molar-refractivity contribution in [2.24, 2.45) is 0 Å². The summed E-state index contributed by atoms with van der Waals surface area (Å²) in [5.74, 6) is -0.415. The van der Waals surface area contributed by atoms with Crippen LogP contribution in [0.1, 0.15) is 29.4 Å². The van der Waals surface area contributed by atoms with E-state index in [2.05, 4.69) is 15.7 Å². The molecule has 3 aromatic rings. The van der Waals surface area contributed by atoms with Gasteiger partial charge in [-0.15, -0.1) is 0 Å². The quantitative estimate of drug-likeness (QED) is 0.651. The standard InChI is InChI=1S/C23H26N4O2/c1-16-21(18(3)27(26-16)20-12-8-5-9-13-20)14-22(28)25-17(2)23(29)24-15-19-10-6-4-7-11-19/h4-13,17H,14-15H2,1-3H3,(H,24,29)(H,25,28). The maximum Gasteiger partial charge on any atom is 0.242 e. The molecule has 0 fully saturated rings. The van der Waals surface area contributed by atoms with Crippen LogP contribution >= 0.6 is 0 Å². The van der Waals surface area contributed by atoms with Gasteiger partial charge in [0.2, 0.25) is 11.8 Å². The van der Waals surface area contributed by atoms with Crippen LogP contribution in [0.4, 0.5) is 0 Å². The Labute approximate surface area is 170 Å². The minimum absolute atomic E-state index is 0.181. The highest BCUT2D eigenvalue weighted by molar-refractivity contribution is 5.88. The van der Waals surface area contributed by atoms with Gasteiger partial charge in [0.25, 0.3) is 0 Å². The molecule has 0 aliphatic heterocycles. The van der Waals surface area contributed by atoms with E-state index in [1.165, 1.54) is 0 Å². The van der Waals surface area contributed by atoms with E-state index in [0.717, 1.165) is 28.2 Å². The molecule has 29 heavy (non-hydrogen) atoms. The molecule has 1 unspecified atom stereocenters. The normalized spacial score (nSPS) is 11.7. The molecule has 0 aliphatic rings. The van der Waals surface area contributed by atoms with Crippen LogP contribution in [0.3, 0.4) is 0 Å². The lowest BCUT2D eigenvalue weighted by Crippen LogP contribution is -2.45. The summed E-state index contributed by atoms with van der Waals surface area (Å²) >= 11 is 0. The van der Waals surface area contributed by atoms with Crippen LogP contribution in [0, 0.1) is 13.8 Å². The average molecular weight is 390 g/mol. The topological polar surface area (TPSA) is 76.0 Å². The number of hydrogen-bond acceptors (Lipinski definition) is 3. The fraction of sp³-hybridized carbons (Fsp3) is 0.261. The number of rotatable bonds is 7. The van der Waals surface area contributed by atoms with E-state index in [4.69, 9.17) is 0 Å². The molecule has 6 heteroatoms. The Hall–Kier alpha value is -3.41. The van der Waals surface area contributed by atoms with Crippen molar-refractivity contribution in [3.05, 3.63) is 83.2 Å². The van der Waals surface area contributed by atoms with Crippen molar-refractivity contribution < 1.29 is 9.59 Å². The number of aromatic nitrogens is 2. The van der Waals surface area contributed by atoms with E-state index >= 15 is 0 Å². The Morgan fingerprint density at radius 1 is 1.00 bits per heavy atom. The third-order valence-electron chi connectivity index (χ3n) is 4.86. The Morgan fingerprint density at radius 2 is 1.62 bits per heavy atom. The number of carbonyl (C=O) groups is 2. The van der Waals surface area contributed by atoms with Crippen LogP contribution in [-0.2, 0) is 22.6 Å². The highest BCUT2D eigenvalue weighted by Gasteiger charge is 2.19. The monoisotopic (exact) mass is 390 g/mol. The van der Waals surface area contributed by atoms with Gasteiger partial charge in [0.1, 0.15) is 6.04 Å². The van der Waals surface area contributed by atoms with Gasteiger partial charge in [-0.2, -0.15) is 5.10 Å². The fourth-order valence-corrected chi connectivity index (χ4v) is 3.21. The van der Waals surface area contributed by atoms with Gasteiger partial charge in [-0.1, -0.05) is 48.5 Å². The van der Waals surface area contributed by atoms with Gasteiger partial charge in [0.05, 0.1) is 17.8 Å². The number of nitrogens with one attached hydrogen (secondary N) is 2. The summed E-state index contributed by atoms with van der Waals surface area (Å²) in [6.45, 7) is 5.96. The van der Waals surface area contributed by atoms with Gasteiger partial charge in [0.15, 0.2) is 0 Å². The summed E-state index contributed by atoms with van der Waals surface area (Å²) in [5, 5.41) is 10.2. The fourth-order valence-electron chi connectivity index (χ4n) is 3.21. The summed E-state index contributed by atoms with van der Waals surface area (Å²) < 4.78 is 1.84. The molecule has 2 N–H and O–H groups in total. The van der Waals surface area contributed by atoms with Crippen LogP contribution in [0.25, 0.3) is 5.69 Å². The lowest BCUT2D eigenvalue weighted by Gasteiger charge is -2.14. The van der Waals surface area contributed by atoms with Gasteiger partial charge in [-0.25, -0.2) is 4.68 Å². The molecule has 0 saturated heterocycles. The van der Waals surface area contributed by atoms with Crippen LogP contribution in [0.5, 0.6) is 0 Å². The van der Waals surface area contributed by atoms with E-state index in [1.54, 1.807) is 6.92 Å². The minimum atomic E-state index is -0.615. The van der Waals surface area contributed by atoms with E-state index in [-0.39, 0.29) is 18.2 Å². The number of carbonyl (C=O) groups excluding carboxylic acids is 2. The van der Waals surface area contributed by atoms with Crippen LogP contribution in [0.15, 0.2) is 60.7 Å². The molecule has 3 rings (SSSR count). The Balaban J connectivity index is 1.59. The number of aryl methyl sites for hydroxylation is 1. The van der Waals surface area contributed by atoms with Gasteiger partial charge in [-0.3, -0.25) is 9.59 Å². The second kappa shape index (κ2) is 9.19. The second-order valence-electron chi connectivity index (χ2n) is 7.07. The van der Waals surface area contributed by atoms with E-state index in [0.29, 0.717) is 6.54 Å². The first-order chi connectivity index (χ1) is 14.0. The molecule has 0 aliphatic carbocycles. The summed E-state index contributed by atoms with van der Waals surface area (Å²) in [5.41, 5.74) is 4.57. The van der Waals surface area contributed by atoms with Crippen molar-refractivity contribution in [1.82, 2.24) is 20.4 Å². The molecule has 0 radical (unpaired) electrons. The van der Waals surface area contributed by atoms with Crippen molar-refractivity contribution >= 4 is 11.8 Å². The summed E-state index contributed by atoms with van der Waals surface area (Å²) in [7, 11) is 0. The molecule has 1 aromatic heterocycles. The van der Waals surface area contributed by atoms with Crippen molar-refractivity contribution in [3.63, 3.8) is 0 Å². The minimum Gasteiger partial charge on any atom is -0.350 e. The van der Waals surface area contributed by atoms with Gasteiger partial charge in [0, 0.05) is 17.8 Å². The van der Waals surface area contributed by atoms with Crippen LogP contribution in [0.2, 0.25) is 0 Å². The zero-order valence-electron chi connectivity index (χ0n) is 17.0. The molecule has 150 valence electrons. The van der Waals surface area contributed by atoms with Crippen LogP contribution in [-0.4, -0.2) is 27.6 Å². The third-order valence-corrected chi connectivity index (χ3v) is 4.86. The molecule has 2 amide bonds. The third kappa shape index (κ3) is 5.10. The van der Waals surface area contributed by atoms with Gasteiger partial charge in [-0.05, 0) is 38.5 Å². The number of nitrogens with zero attached hydrogens (tertiary/aromatic N) is 2. The van der Waals surface area contributed by atoms with Crippen molar-refractivity contribution in [1.29, 1.82) is 0 Å². The predicted molar refractivity (Wildman–Crippen MR) is 113 cm³/mol. The first-order valence-corrected chi connectivity index (χ1v) is 9.67. The van der Waals surface area contributed by atoms with Crippen LogP contribution < -0.4 is 10.6 Å². The Kier molecular flexibility index (Phi) is 6.44.